The second-order valence-electron chi connectivity index (χ2n) is 7.03. The van der Waals surface area contributed by atoms with Gasteiger partial charge in [-0.3, -0.25) is 0 Å². The van der Waals surface area contributed by atoms with Crippen molar-refractivity contribution >= 4 is 6.03 Å². The molecule has 0 spiro atoms. The van der Waals surface area contributed by atoms with E-state index >= 15 is 0 Å². The topological polar surface area (TPSA) is 44.8 Å². The lowest BCUT2D eigenvalue weighted by Gasteiger charge is -2.43. The van der Waals surface area contributed by atoms with Gasteiger partial charge in [0.2, 0.25) is 0 Å². The Bertz CT molecular complexity index is 361. The number of carbonyl (C=O) groups is 1. The lowest BCUT2D eigenvalue weighted by Crippen LogP contribution is -2.54. The van der Waals surface area contributed by atoms with E-state index in [2.05, 4.69) is 5.32 Å². The van der Waals surface area contributed by atoms with Gasteiger partial charge >= 0.3 is 6.03 Å². The molecule has 21 heavy (non-hydrogen) atoms. The minimum absolute atomic E-state index is 0.128. The first-order chi connectivity index (χ1) is 10.2. The number of piperidine rings is 1. The minimum atomic E-state index is 0.128. The lowest BCUT2D eigenvalue weighted by atomic mass is 9.68. The minimum Gasteiger partial charge on any atom is -0.335 e. The summed E-state index contributed by atoms with van der Waals surface area (Å²) in [5.74, 6) is 1.58. The maximum Gasteiger partial charge on any atom is 0.317 e. The van der Waals surface area contributed by atoms with Crippen molar-refractivity contribution in [2.75, 3.05) is 27.2 Å². The van der Waals surface area contributed by atoms with Gasteiger partial charge < -0.3 is 15.1 Å². The van der Waals surface area contributed by atoms with Gasteiger partial charge in [0.15, 0.2) is 0 Å². The molecule has 4 rings (SSSR count). The summed E-state index contributed by atoms with van der Waals surface area (Å²) in [7, 11) is 3.67. The highest BCUT2D eigenvalue weighted by molar-refractivity contribution is 5.74. The predicted molar refractivity (Wildman–Crippen MR) is 81.8 cm³/mol. The molecule has 0 aromatic heterocycles. The van der Waals surface area contributed by atoms with Gasteiger partial charge in [0.25, 0.3) is 0 Å². The van der Waals surface area contributed by atoms with E-state index in [9.17, 15) is 4.79 Å². The number of amides is 2. The number of fused-ring (bicyclic) bond motifs is 3. The molecule has 1 saturated heterocycles. The monoisotopic (exact) mass is 295 g/mol. The average Bonchev–Trinajstić information content (AvgIpc) is 2.55. The molecule has 2 amide bonds. The summed E-state index contributed by atoms with van der Waals surface area (Å²) in [5, 5.41) is 5.29. The molecule has 1 aliphatic heterocycles. The SMILES string of the molecule is CON1CCC(N(C)C(=O)NC2CC3CCC2CC3)CC1. The van der Waals surface area contributed by atoms with E-state index in [0.717, 1.165) is 37.8 Å². The Balaban J connectivity index is 1.49. The molecule has 4 fully saturated rings. The Morgan fingerprint density at radius 3 is 2.33 bits per heavy atom. The fraction of sp³-hybridized carbons (Fsp3) is 0.938. The molecule has 0 radical (unpaired) electrons. The normalized spacial score (nSPS) is 33.9. The fourth-order valence-corrected chi connectivity index (χ4v) is 4.39. The third kappa shape index (κ3) is 3.34. The highest BCUT2D eigenvalue weighted by Gasteiger charge is 2.37. The van der Waals surface area contributed by atoms with E-state index in [0.29, 0.717) is 12.1 Å². The summed E-state index contributed by atoms with van der Waals surface area (Å²) < 4.78 is 0. The standard InChI is InChI=1S/C16H29N3O2/c1-18(14-7-9-19(21-2)10-8-14)16(20)17-15-11-12-3-5-13(15)6-4-12/h12-15H,3-11H2,1-2H3,(H,17,20). The van der Waals surface area contributed by atoms with Gasteiger partial charge in [-0.05, 0) is 43.9 Å². The Labute approximate surface area is 127 Å². The van der Waals surface area contributed by atoms with E-state index < -0.39 is 0 Å². The number of carbonyl (C=O) groups excluding carboxylic acids is 1. The summed E-state index contributed by atoms with van der Waals surface area (Å²) in [6.45, 7) is 1.82. The van der Waals surface area contributed by atoms with Crippen LogP contribution in [0.15, 0.2) is 0 Å². The molecule has 5 nitrogen and oxygen atoms in total. The summed E-state index contributed by atoms with van der Waals surface area (Å²) >= 11 is 0. The van der Waals surface area contributed by atoms with Crippen LogP contribution in [0.2, 0.25) is 0 Å². The van der Waals surface area contributed by atoms with Crippen LogP contribution in [0.4, 0.5) is 4.79 Å². The smallest absolute Gasteiger partial charge is 0.317 e. The summed E-state index contributed by atoms with van der Waals surface area (Å²) in [6.07, 6.45) is 8.57. The number of hydrogen-bond acceptors (Lipinski definition) is 3. The van der Waals surface area contributed by atoms with Gasteiger partial charge in [-0.2, -0.15) is 5.06 Å². The van der Waals surface area contributed by atoms with Crippen molar-refractivity contribution in [3.8, 4) is 0 Å². The molecule has 2 bridgehead atoms. The summed E-state index contributed by atoms with van der Waals surface area (Å²) in [5.41, 5.74) is 0. The number of hydroxylamine groups is 2. The second kappa shape index (κ2) is 6.53. The quantitative estimate of drug-likeness (QED) is 0.868. The Hall–Kier alpha value is -0.810. The first-order valence-corrected chi connectivity index (χ1v) is 8.49. The van der Waals surface area contributed by atoms with Crippen LogP contribution in [0.3, 0.4) is 0 Å². The fourth-order valence-electron chi connectivity index (χ4n) is 4.39. The number of rotatable bonds is 3. The van der Waals surface area contributed by atoms with Gasteiger partial charge in [-0.25, -0.2) is 4.79 Å². The van der Waals surface area contributed by atoms with Crippen molar-refractivity contribution in [3.63, 3.8) is 0 Å². The van der Waals surface area contributed by atoms with Crippen LogP contribution in [-0.4, -0.2) is 55.3 Å². The van der Waals surface area contributed by atoms with Crippen molar-refractivity contribution in [1.29, 1.82) is 0 Å². The van der Waals surface area contributed by atoms with Crippen molar-refractivity contribution in [2.24, 2.45) is 11.8 Å². The molecule has 3 aliphatic carbocycles. The van der Waals surface area contributed by atoms with Gasteiger partial charge in [-0.1, -0.05) is 12.8 Å². The molecule has 1 heterocycles. The van der Waals surface area contributed by atoms with E-state index in [1.807, 2.05) is 17.0 Å². The molecule has 1 N–H and O–H groups in total. The maximum atomic E-state index is 12.5. The molecule has 0 aromatic rings. The van der Waals surface area contributed by atoms with Crippen molar-refractivity contribution in [1.82, 2.24) is 15.3 Å². The van der Waals surface area contributed by atoms with E-state index in [-0.39, 0.29) is 6.03 Å². The molecule has 3 saturated carbocycles. The highest BCUT2D eigenvalue weighted by Crippen LogP contribution is 2.41. The highest BCUT2D eigenvalue weighted by atomic mass is 16.7. The molecular weight excluding hydrogens is 266 g/mol. The summed E-state index contributed by atoms with van der Waals surface area (Å²) in [4.78, 5) is 19.7. The van der Waals surface area contributed by atoms with Crippen molar-refractivity contribution in [2.45, 2.75) is 57.0 Å². The Kier molecular flexibility index (Phi) is 4.69. The van der Waals surface area contributed by atoms with Gasteiger partial charge in [0, 0.05) is 32.2 Å². The second-order valence-corrected chi connectivity index (χ2v) is 7.03. The zero-order valence-electron chi connectivity index (χ0n) is 13.4. The third-order valence-electron chi connectivity index (χ3n) is 5.91. The number of nitrogens with one attached hydrogen (secondary N) is 1. The van der Waals surface area contributed by atoms with E-state index in [1.54, 1.807) is 7.11 Å². The van der Waals surface area contributed by atoms with Crippen LogP contribution in [-0.2, 0) is 4.84 Å². The van der Waals surface area contributed by atoms with Crippen LogP contribution in [0.5, 0.6) is 0 Å². The maximum absolute atomic E-state index is 12.5. The molecule has 4 aliphatic rings. The van der Waals surface area contributed by atoms with E-state index in [4.69, 9.17) is 4.84 Å². The van der Waals surface area contributed by atoms with Crippen LogP contribution in [0.25, 0.3) is 0 Å². The number of hydrogen-bond donors (Lipinski definition) is 1. The molecule has 0 aromatic carbocycles. The largest absolute Gasteiger partial charge is 0.335 e. The Morgan fingerprint density at radius 2 is 1.81 bits per heavy atom. The van der Waals surface area contributed by atoms with Gasteiger partial charge in [0.1, 0.15) is 0 Å². The molecule has 1 unspecified atom stereocenters. The van der Waals surface area contributed by atoms with Gasteiger partial charge in [-0.15, -0.1) is 0 Å². The number of nitrogens with zero attached hydrogens (tertiary/aromatic N) is 2. The zero-order chi connectivity index (χ0) is 14.8. The molecule has 5 heteroatoms. The van der Waals surface area contributed by atoms with Gasteiger partial charge in [0.05, 0.1) is 7.11 Å². The predicted octanol–water partition coefficient (Wildman–Crippen LogP) is 2.23. The van der Waals surface area contributed by atoms with Crippen LogP contribution in [0, 0.1) is 11.8 Å². The van der Waals surface area contributed by atoms with Crippen LogP contribution >= 0.6 is 0 Å². The van der Waals surface area contributed by atoms with Crippen molar-refractivity contribution < 1.29 is 9.63 Å². The molecular formula is C16H29N3O2. The van der Waals surface area contributed by atoms with Crippen LogP contribution < -0.4 is 5.32 Å². The average molecular weight is 295 g/mol. The third-order valence-corrected chi connectivity index (χ3v) is 5.91. The Morgan fingerprint density at radius 1 is 1.14 bits per heavy atom. The number of urea groups is 1. The lowest BCUT2D eigenvalue weighted by molar-refractivity contribution is -0.147. The molecule has 1 atom stereocenters. The zero-order valence-corrected chi connectivity index (χ0v) is 13.4. The van der Waals surface area contributed by atoms with Crippen LogP contribution in [0.1, 0.15) is 44.9 Å². The first-order valence-electron chi connectivity index (χ1n) is 8.49. The van der Waals surface area contributed by atoms with E-state index in [1.165, 1.54) is 32.1 Å². The molecule has 120 valence electrons. The first kappa shape index (κ1) is 15.1. The van der Waals surface area contributed by atoms with Crippen molar-refractivity contribution in [3.05, 3.63) is 0 Å². The summed E-state index contributed by atoms with van der Waals surface area (Å²) in [6, 6.07) is 0.895.